The van der Waals surface area contributed by atoms with Gasteiger partial charge in [0.1, 0.15) is 5.02 Å². The summed E-state index contributed by atoms with van der Waals surface area (Å²) in [4.78, 5) is 10.8. The van der Waals surface area contributed by atoms with Gasteiger partial charge in [-0.3, -0.25) is 0 Å². The SMILES string of the molecule is CCNc1ncc(Cl)c(N2CCC(COC)C2)n1. The highest BCUT2D eigenvalue weighted by Crippen LogP contribution is 2.28. The maximum Gasteiger partial charge on any atom is 0.224 e. The molecule has 5 nitrogen and oxygen atoms in total. The van der Waals surface area contributed by atoms with Crippen LogP contribution in [0.2, 0.25) is 5.02 Å². The molecule has 100 valence electrons. The number of rotatable bonds is 5. The van der Waals surface area contributed by atoms with Gasteiger partial charge in [-0.15, -0.1) is 0 Å². The van der Waals surface area contributed by atoms with E-state index in [9.17, 15) is 0 Å². The number of ether oxygens (including phenoxy) is 1. The van der Waals surface area contributed by atoms with Crippen LogP contribution in [0.5, 0.6) is 0 Å². The van der Waals surface area contributed by atoms with E-state index in [1.165, 1.54) is 0 Å². The first-order chi connectivity index (χ1) is 8.74. The van der Waals surface area contributed by atoms with Crippen molar-refractivity contribution in [3.8, 4) is 0 Å². The van der Waals surface area contributed by atoms with Gasteiger partial charge in [-0.2, -0.15) is 4.98 Å². The second-order valence-corrected chi connectivity index (χ2v) is 4.86. The predicted molar refractivity (Wildman–Crippen MR) is 73.4 cm³/mol. The fourth-order valence-corrected chi connectivity index (χ4v) is 2.43. The van der Waals surface area contributed by atoms with Crippen molar-refractivity contribution < 1.29 is 4.74 Å². The van der Waals surface area contributed by atoms with Gasteiger partial charge < -0.3 is 15.0 Å². The van der Waals surface area contributed by atoms with Gasteiger partial charge in [0.05, 0.1) is 12.8 Å². The van der Waals surface area contributed by atoms with E-state index in [1.807, 2.05) is 6.92 Å². The summed E-state index contributed by atoms with van der Waals surface area (Å²) in [5.74, 6) is 2.01. The maximum atomic E-state index is 6.18. The third kappa shape index (κ3) is 3.03. The molecular weight excluding hydrogens is 252 g/mol. The van der Waals surface area contributed by atoms with Crippen molar-refractivity contribution in [1.29, 1.82) is 0 Å². The highest BCUT2D eigenvalue weighted by atomic mass is 35.5. The Balaban J connectivity index is 2.10. The zero-order valence-electron chi connectivity index (χ0n) is 10.8. The Morgan fingerprint density at radius 2 is 2.44 bits per heavy atom. The van der Waals surface area contributed by atoms with Gasteiger partial charge in [0.25, 0.3) is 0 Å². The molecule has 2 rings (SSSR count). The number of hydrogen-bond acceptors (Lipinski definition) is 5. The summed E-state index contributed by atoms with van der Waals surface area (Å²) in [7, 11) is 1.74. The average molecular weight is 271 g/mol. The molecular formula is C12H19ClN4O. The van der Waals surface area contributed by atoms with Crippen molar-refractivity contribution in [2.75, 3.05) is 43.6 Å². The molecule has 1 N–H and O–H groups in total. The van der Waals surface area contributed by atoms with Crippen LogP contribution < -0.4 is 10.2 Å². The van der Waals surface area contributed by atoms with Gasteiger partial charge >= 0.3 is 0 Å². The van der Waals surface area contributed by atoms with Crippen LogP contribution in [-0.4, -0.2) is 43.3 Å². The minimum atomic E-state index is 0.559. The molecule has 0 amide bonds. The first-order valence-corrected chi connectivity index (χ1v) is 6.62. The van der Waals surface area contributed by atoms with Crippen molar-refractivity contribution in [3.63, 3.8) is 0 Å². The zero-order chi connectivity index (χ0) is 13.0. The molecule has 1 aliphatic rings. The fourth-order valence-electron chi connectivity index (χ4n) is 2.22. The number of aromatic nitrogens is 2. The van der Waals surface area contributed by atoms with E-state index < -0.39 is 0 Å². The molecule has 0 bridgehead atoms. The monoisotopic (exact) mass is 270 g/mol. The lowest BCUT2D eigenvalue weighted by atomic mass is 10.1. The molecule has 1 atom stereocenters. The Hall–Kier alpha value is -1.07. The van der Waals surface area contributed by atoms with Crippen molar-refractivity contribution in [2.45, 2.75) is 13.3 Å². The molecule has 2 heterocycles. The molecule has 1 aromatic rings. The van der Waals surface area contributed by atoms with E-state index in [-0.39, 0.29) is 0 Å². The van der Waals surface area contributed by atoms with Crippen molar-refractivity contribution in [2.24, 2.45) is 5.92 Å². The molecule has 0 aromatic carbocycles. The van der Waals surface area contributed by atoms with Gasteiger partial charge in [-0.05, 0) is 13.3 Å². The quantitative estimate of drug-likeness (QED) is 0.887. The van der Waals surface area contributed by atoms with Gasteiger partial charge in [0.15, 0.2) is 5.82 Å². The van der Waals surface area contributed by atoms with Crippen LogP contribution in [0.25, 0.3) is 0 Å². The summed E-state index contributed by atoms with van der Waals surface area (Å²) in [6.45, 7) is 5.52. The molecule has 0 aliphatic carbocycles. The number of hydrogen-bond donors (Lipinski definition) is 1. The standard InChI is InChI=1S/C12H19ClN4O/c1-3-14-12-15-6-10(13)11(16-12)17-5-4-9(7-17)8-18-2/h6,9H,3-5,7-8H2,1-2H3,(H,14,15,16). The third-order valence-corrected chi connectivity index (χ3v) is 3.31. The van der Waals surface area contributed by atoms with Gasteiger partial charge in [-0.25, -0.2) is 4.98 Å². The van der Waals surface area contributed by atoms with Crippen LogP contribution in [0.1, 0.15) is 13.3 Å². The van der Waals surface area contributed by atoms with Crippen molar-refractivity contribution >= 4 is 23.4 Å². The molecule has 1 aliphatic heterocycles. The van der Waals surface area contributed by atoms with Gasteiger partial charge in [-0.1, -0.05) is 11.6 Å². The van der Waals surface area contributed by atoms with E-state index in [2.05, 4.69) is 20.2 Å². The Bertz CT molecular complexity index is 402. The van der Waals surface area contributed by atoms with Crippen molar-refractivity contribution in [1.82, 2.24) is 9.97 Å². The summed E-state index contributed by atoms with van der Waals surface area (Å²) < 4.78 is 5.20. The van der Waals surface area contributed by atoms with Gasteiger partial charge in [0, 0.05) is 32.7 Å². The van der Waals surface area contributed by atoms with E-state index in [0.29, 0.717) is 16.9 Å². The molecule has 0 radical (unpaired) electrons. The number of halogens is 1. The smallest absolute Gasteiger partial charge is 0.224 e. The van der Waals surface area contributed by atoms with Crippen LogP contribution >= 0.6 is 11.6 Å². The van der Waals surface area contributed by atoms with E-state index in [0.717, 1.165) is 38.5 Å². The van der Waals surface area contributed by atoms with Crippen LogP contribution in [0.15, 0.2) is 6.20 Å². The highest BCUT2D eigenvalue weighted by molar-refractivity contribution is 6.32. The van der Waals surface area contributed by atoms with E-state index >= 15 is 0 Å². The molecule has 18 heavy (non-hydrogen) atoms. The number of nitrogens with zero attached hydrogens (tertiary/aromatic N) is 3. The second kappa shape index (κ2) is 6.20. The van der Waals surface area contributed by atoms with E-state index in [1.54, 1.807) is 13.3 Å². The molecule has 0 saturated carbocycles. The summed E-state index contributed by atoms with van der Waals surface area (Å²) >= 11 is 6.18. The first-order valence-electron chi connectivity index (χ1n) is 6.25. The lowest BCUT2D eigenvalue weighted by molar-refractivity contribution is 0.161. The summed E-state index contributed by atoms with van der Waals surface area (Å²) in [6, 6.07) is 0. The van der Waals surface area contributed by atoms with Crippen LogP contribution in [-0.2, 0) is 4.74 Å². The predicted octanol–water partition coefficient (Wildman–Crippen LogP) is 2.03. The molecule has 6 heteroatoms. The Labute approximate surface area is 113 Å². The van der Waals surface area contributed by atoms with E-state index in [4.69, 9.17) is 16.3 Å². The van der Waals surface area contributed by atoms with Crippen LogP contribution in [0.3, 0.4) is 0 Å². The Morgan fingerprint density at radius 1 is 1.61 bits per heavy atom. The minimum absolute atomic E-state index is 0.559. The molecule has 1 unspecified atom stereocenters. The lowest BCUT2D eigenvalue weighted by Crippen LogP contribution is -2.23. The summed E-state index contributed by atoms with van der Waals surface area (Å²) in [5, 5.41) is 3.71. The molecule has 1 saturated heterocycles. The molecule has 0 spiro atoms. The molecule has 1 fully saturated rings. The number of methoxy groups -OCH3 is 1. The van der Waals surface area contributed by atoms with Crippen LogP contribution in [0.4, 0.5) is 11.8 Å². The molecule has 1 aromatic heterocycles. The number of nitrogens with one attached hydrogen (secondary N) is 1. The maximum absolute atomic E-state index is 6.18. The Kier molecular flexibility index (Phi) is 4.60. The minimum Gasteiger partial charge on any atom is -0.384 e. The normalized spacial score (nSPS) is 19.3. The first kappa shape index (κ1) is 13.4. The van der Waals surface area contributed by atoms with Crippen molar-refractivity contribution in [3.05, 3.63) is 11.2 Å². The topological polar surface area (TPSA) is 50.3 Å². The number of anilines is 2. The highest BCUT2D eigenvalue weighted by Gasteiger charge is 2.25. The fraction of sp³-hybridized carbons (Fsp3) is 0.667. The van der Waals surface area contributed by atoms with Gasteiger partial charge in [0.2, 0.25) is 5.95 Å². The third-order valence-electron chi connectivity index (χ3n) is 3.05. The lowest BCUT2D eigenvalue weighted by Gasteiger charge is -2.19. The Morgan fingerprint density at radius 3 is 3.17 bits per heavy atom. The second-order valence-electron chi connectivity index (χ2n) is 4.45. The average Bonchev–Trinajstić information content (AvgIpc) is 2.81. The summed E-state index contributed by atoms with van der Waals surface area (Å²) in [5.41, 5.74) is 0. The van der Waals surface area contributed by atoms with Crippen LogP contribution in [0, 0.1) is 5.92 Å². The summed E-state index contributed by atoms with van der Waals surface area (Å²) in [6.07, 6.45) is 2.77. The largest absolute Gasteiger partial charge is 0.384 e. The zero-order valence-corrected chi connectivity index (χ0v) is 11.6.